The molecule has 0 aliphatic carbocycles. The number of carbonyl (C=O) groups excluding carboxylic acids is 1. The molecule has 1 saturated heterocycles. The van der Waals surface area contributed by atoms with Gasteiger partial charge in [0.2, 0.25) is 0 Å². The van der Waals surface area contributed by atoms with E-state index >= 15 is 0 Å². The fourth-order valence-electron chi connectivity index (χ4n) is 1.56. The number of carbonyl (C=O) groups is 1. The second-order valence-electron chi connectivity index (χ2n) is 3.98. The van der Waals surface area contributed by atoms with Crippen LogP contribution in [0, 0.1) is 0 Å². The monoisotopic (exact) mass is 218 g/mol. The number of ether oxygens (including phenoxy) is 4. The molecular weight excluding hydrogens is 200 g/mol. The minimum absolute atomic E-state index is 0.174. The summed E-state index contributed by atoms with van der Waals surface area (Å²) in [6.07, 6.45) is -0.465. The van der Waals surface area contributed by atoms with Gasteiger partial charge < -0.3 is 23.7 Å². The molecule has 0 spiro atoms. The first-order valence-corrected chi connectivity index (χ1v) is 4.91. The minimum Gasteiger partial charge on any atom is -0.359 e. The van der Waals surface area contributed by atoms with Gasteiger partial charge in [-0.2, -0.15) is 0 Å². The zero-order chi connectivity index (χ0) is 11.5. The van der Waals surface area contributed by atoms with Gasteiger partial charge in [0, 0.05) is 7.11 Å². The van der Waals surface area contributed by atoms with E-state index in [9.17, 15) is 4.79 Å². The largest absolute Gasteiger partial charge is 0.359 e. The SMILES string of the molecule is COCO[C@@H](C)[C@@H]1OC(C)(C)O[C@H]1C=O. The van der Waals surface area contributed by atoms with Crippen molar-refractivity contribution >= 4 is 6.29 Å². The molecule has 0 N–H and O–H groups in total. The Labute approximate surface area is 89.6 Å². The van der Waals surface area contributed by atoms with Crippen LogP contribution in [0.4, 0.5) is 0 Å². The predicted molar refractivity (Wildman–Crippen MR) is 52.3 cm³/mol. The zero-order valence-corrected chi connectivity index (χ0v) is 9.56. The van der Waals surface area contributed by atoms with Crippen LogP contribution >= 0.6 is 0 Å². The summed E-state index contributed by atoms with van der Waals surface area (Å²) < 4.78 is 21.1. The van der Waals surface area contributed by atoms with Gasteiger partial charge >= 0.3 is 0 Å². The fraction of sp³-hybridized carbons (Fsp3) is 0.900. The quantitative estimate of drug-likeness (QED) is 0.502. The molecule has 1 rings (SSSR count). The summed E-state index contributed by atoms with van der Waals surface area (Å²) in [5.41, 5.74) is 0. The third-order valence-electron chi connectivity index (χ3n) is 2.21. The average molecular weight is 218 g/mol. The van der Waals surface area contributed by atoms with Crippen LogP contribution in [-0.2, 0) is 23.7 Å². The number of aldehydes is 1. The molecule has 3 atom stereocenters. The molecular formula is C10H18O5. The van der Waals surface area contributed by atoms with E-state index < -0.39 is 11.9 Å². The maximum absolute atomic E-state index is 10.8. The van der Waals surface area contributed by atoms with Crippen LogP contribution in [0.25, 0.3) is 0 Å². The number of hydrogen-bond donors (Lipinski definition) is 0. The van der Waals surface area contributed by atoms with E-state index in [4.69, 9.17) is 18.9 Å². The van der Waals surface area contributed by atoms with Gasteiger partial charge in [-0.05, 0) is 20.8 Å². The molecule has 0 aromatic rings. The molecule has 0 amide bonds. The third-order valence-corrected chi connectivity index (χ3v) is 2.21. The number of methoxy groups -OCH3 is 1. The van der Waals surface area contributed by atoms with Crippen LogP contribution in [0.5, 0.6) is 0 Å². The number of rotatable bonds is 5. The Kier molecular flexibility index (Phi) is 4.21. The van der Waals surface area contributed by atoms with Crippen molar-refractivity contribution in [2.75, 3.05) is 13.9 Å². The molecule has 5 heteroatoms. The van der Waals surface area contributed by atoms with Gasteiger partial charge in [0.1, 0.15) is 19.0 Å². The van der Waals surface area contributed by atoms with E-state index in [1.807, 2.05) is 6.92 Å². The molecule has 0 radical (unpaired) electrons. The highest BCUT2D eigenvalue weighted by atomic mass is 16.8. The molecule has 0 aromatic carbocycles. The molecule has 5 nitrogen and oxygen atoms in total. The molecule has 88 valence electrons. The highest BCUT2D eigenvalue weighted by Gasteiger charge is 2.44. The summed E-state index contributed by atoms with van der Waals surface area (Å²) in [6.45, 7) is 5.54. The Morgan fingerprint density at radius 3 is 2.67 bits per heavy atom. The van der Waals surface area contributed by atoms with Crippen LogP contribution in [0.1, 0.15) is 20.8 Å². The van der Waals surface area contributed by atoms with Gasteiger partial charge in [-0.3, -0.25) is 0 Å². The van der Waals surface area contributed by atoms with Crippen LogP contribution in [-0.4, -0.2) is 44.3 Å². The second-order valence-corrected chi connectivity index (χ2v) is 3.98. The van der Waals surface area contributed by atoms with Crippen molar-refractivity contribution in [1.82, 2.24) is 0 Å². The van der Waals surface area contributed by atoms with E-state index in [1.54, 1.807) is 21.0 Å². The molecule has 1 fully saturated rings. The van der Waals surface area contributed by atoms with Gasteiger partial charge in [-0.1, -0.05) is 0 Å². The lowest BCUT2D eigenvalue weighted by molar-refractivity contribution is -0.167. The van der Waals surface area contributed by atoms with Gasteiger partial charge in [0.15, 0.2) is 12.1 Å². The summed E-state index contributed by atoms with van der Waals surface area (Å²) in [6, 6.07) is 0. The van der Waals surface area contributed by atoms with Crippen LogP contribution in [0.2, 0.25) is 0 Å². The highest BCUT2D eigenvalue weighted by molar-refractivity contribution is 5.58. The summed E-state index contributed by atoms with van der Waals surface area (Å²) in [4.78, 5) is 10.8. The van der Waals surface area contributed by atoms with Crippen molar-refractivity contribution in [3.05, 3.63) is 0 Å². The lowest BCUT2D eigenvalue weighted by Crippen LogP contribution is -2.36. The van der Waals surface area contributed by atoms with E-state index in [2.05, 4.69) is 0 Å². The topological polar surface area (TPSA) is 54.0 Å². The van der Waals surface area contributed by atoms with Gasteiger partial charge in [-0.15, -0.1) is 0 Å². The maximum atomic E-state index is 10.8. The molecule has 1 aliphatic heterocycles. The van der Waals surface area contributed by atoms with E-state index in [0.717, 1.165) is 6.29 Å². The third kappa shape index (κ3) is 3.24. The maximum Gasteiger partial charge on any atom is 0.164 e. The van der Waals surface area contributed by atoms with Crippen molar-refractivity contribution in [2.45, 2.75) is 44.9 Å². The minimum atomic E-state index is -0.735. The Hall–Kier alpha value is -0.490. The number of hydrogen-bond acceptors (Lipinski definition) is 5. The first-order chi connectivity index (χ1) is 7.00. The summed E-state index contributed by atoms with van der Waals surface area (Å²) in [7, 11) is 1.54. The van der Waals surface area contributed by atoms with Crippen molar-refractivity contribution in [3.63, 3.8) is 0 Å². The normalized spacial score (nSPS) is 31.5. The molecule has 0 aromatic heterocycles. The summed E-state index contributed by atoms with van der Waals surface area (Å²) in [5.74, 6) is -0.735. The Morgan fingerprint density at radius 2 is 2.13 bits per heavy atom. The Bertz CT molecular complexity index is 216. The molecule has 1 heterocycles. The van der Waals surface area contributed by atoms with E-state index in [-0.39, 0.29) is 19.0 Å². The van der Waals surface area contributed by atoms with Crippen molar-refractivity contribution in [3.8, 4) is 0 Å². The van der Waals surface area contributed by atoms with Crippen molar-refractivity contribution in [2.24, 2.45) is 0 Å². The molecule has 1 aliphatic rings. The lowest BCUT2D eigenvalue weighted by atomic mass is 10.1. The van der Waals surface area contributed by atoms with Crippen LogP contribution in [0.3, 0.4) is 0 Å². The smallest absolute Gasteiger partial charge is 0.164 e. The van der Waals surface area contributed by atoms with Gasteiger partial charge in [-0.25, -0.2) is 0 Å². The lowest BCUT2D eigenvalue weighted by Gasteiger charge is -2.21. The molecule has 0 bridgehead atoms. The molecule has 15 heavy (non-hydrogen) atoms. The van der Waals surface area contributed by atoms with E-state index in [1.165, 1.54) is 0 Å². The fourth-order valence-corrected chi connectivity index (χ4v) is 1.56. The van der Waals surface area contributed by atoms with Crippen molar-refractivity contribution < 1.29 is 23.7 Å². The highest BCUT2D eigenvalue weighted by Crippen LogP contribution is 2.29. The molecule has 0 unspecified atom stereocenters. The van der Waals surface area contributed by atoms with Crippen LogP contribution in [0.15, 0.2) is 0 Å². The summed E-state index contributed by atoms with van der Waals surface area (Å²) in [5, 5.41) is 0. The van der Waals surface area contributed by atoms with E-state index in [0.29, 0.717) is 0 Å². The zero-order valence-electron chi connectivity index (χ0n) is 9.56. The van der Waals surface area contributed by atoms with Crippen LogP contribution < -0.4 is 0 Å². The Morgan fingerprint density at radius 1 is 1.47 bits per heavy atom. The molecule has 0 saturated carbocycles. The first-order valence-electron chi connectivity index (χ1n) is 4.91. The van der Waals surface area contributed by atoms with Crippen molar-refractivity contribution in [1.29, 1.82) is 0 Å². The van der Waals surface area contributed by atoms with Gasteiger partial charge in [0.25, 0.3) is 0 Å². The summed E-state index contributed by atoms with van der Waals surface area (Å²) >= 11 is 0. The van der Waals surface area contributed by atoms with Gasteiger partial charge in [0.05, 0.1) is 6.10 Å². The average Bonchev–Trinajstić information content (AvgIpc) is 2.50. The standard InChI is InChI=1S/C10H18O5/c1-7(13-6-12-4)9-8(5-11)14-10(2,3)15-9/h5,7-9H,6H2,1-4H3/t7-,8-,9-/m0/s1. The predicted octanol–water partition coefficient (Wildman–Crippen LogP) is 0.714. The Balaban J connectivity index is 2.55. The second kappa shape index (κ2) is 5.03. The first kappa shape index (κ1) is 12.6.